The van der Waals surface area contributed by atoms with E-state index in [9.17, 15) is 29.4 Å². The van der Waals surface area contributed by atoms with E-state index in [1.807, 2.05) is 45.2 Å². The van der Waals surface area contributed by atoms with Crippen molar-refractivity contribution in [2.45, 2.75) is 0 Å². The third-order valence-corrected chi connectivity index (χ3v) is 5.96. The van der Waals surface area contributed by atoms with Gasteiger partial charge in [-0.1, -0.05) is 36.4 Å². The maximum Gasteiger partial charge on any atom is 2.00 e. The number of aromatic nitrogens is 2. The van der Waals surface area contributed by atoms with Crippen molar-refractivity contribution < 1.29 is 57.4 Å². The first-order valence-corrected chi connectivity index (χ1v) is 12.5. The number of nitrogens with two attached hydrogens (primary N) is 2. The number of hydrogen-bond donors (Lipinski definition) is 2. The molecule has 4 aromatic rings. The fourth-order valence-electron chi connectivity index (χ4n) is 2.27. The molecule has 0 unspecified atom stereocenters. The van der Waals surface area contributed by atoms with Gasteiger partial charge in [-0.2, -0.15) is 0 Å². The van der Waals surface area contributed by atoms with Crippen molar-refractivity contribution in [3.05, 3.63) is 127 Å². The van der Waals surface area contributed by atoms with Crippen molar-refractivity contribution in [1.82, 2.24) is 9.97 Å². The topological polar surface area (TPSA) is 255 Å². The van der Waals surface area contributed by atoms with Gasteiger partial charge in [0.1, 0.15) is 0 Å². The Morgan fingerprint density at radius 1 is 0.585 bits per heavy atom. The van der Waals surface area contributed by atoms with Gasteiger partial charge in [-0.15, -0.1) is 0 Å². The van der Waals surface area contributed by atoms with Crippen molar-refractivity contribution >= 4 is 68.9 Å². The standard InChI is InChI=1S/2C7H5IO2.2C6H6N2O.Cu.2H2O/c2*8-6-4-2-1-3-5(6)7(9)10;2*7-6(9)5-2-1-3-8-4-5;;;/h2*1-4H,(H,9,10);2*1-4H,(H2,7,9);;2*1H2/q;;;;+2;;/p-2. The minimum atomic E-state index is -1.12. The fourth-order valence-corrected chi connectivity index (χ4v) is 3.49. The molecule has 0 aliphatic carbocycles. The second kappa shape index (κ2) is 23.2. The van der Waals surface area contributed by atoms with E-state index in [2.05, 4.69) is 9.97 Å². The number of rotatable bonds is 4. The Morgan fingerprint density at radius 3 is 1.07 bits per heavy atom. The van der Waals surface area contributed by atoms with Gasteiger partial charge >= 0.3 is 17.1 Å². The summed E-state index contributed by atoms with van der Waals surface area (Å²) >= 11 is 3.91. The van der Waals surface area contributed by atoms with Gasteiger partial charge in [0.25, 0.3) is 0 Å². The molecule has 0 fully saturated rings. The van der Waals surface area contributed by atoms with Crippen LogP contribution in [0.2, 0.25) is 0 Å². The van der Waals surface area contributed by atoms with Gasteiger partial charge in [0, 0.05) is 43.1 Å². The van der Waals surface area contributed by atoms with E-state index < -0.39 is 23.8 Å². The molecule has 15 heteroatoms. The number of amides is 2. The summed E-state index contributed by atoms with van der Waals surface area (Å²) in [7, 11) is 0. The molecule has 1 radical (unpaired) electrons. The van der Waals surface area contributed by atoms with Crippen molar-refractivity contribution in [2.75, 3.05) is 0 Å². The Bertz CT molecular complexity index is 1260. The maximum atomic E-state index is 10.4. The first-order valence-electron chi connectivity index (χ1n) is 10.4. The van der Waals surface area contributed by atoms with Crippen LogP contribution in [-0.4, -0.2) is 44.7 Å². The van der Waals surface area contributed by atoms with Crippen LogP contribution in [0.4, 0.5) is 0 Å². The van der Waals surface area contributed by atoms with E-state index in [1.54, 1.807) is 73.1 Å². The van der Waals surface area contributed by atoms with E-state index in [0.29, 0.717) is 18.3 Å². The van der Waals surface area contributed by atoms with Crippen LogP contribution in [-0.2, 0) is 17.1 Å². The smallest absolute Gasteiger partial charge is 0.545 e. The van der Waals surface area contributed by atoms with Gasteiger partial charge in [0.2, 0.25) is 11.8 Å². The molecule has 221 valence electrons. The second-order valence-corrected chi connectivity index (χ2v) is 9.07. The number of hydrogen-bond acceptors (Lipinski definition) is 8. The summed E-state index contributed by atoms with van der Waals surface area (Å²) in [6.07, 6.45) is 6.05. The van der Waals surface area contributed by atoms with Gasteiger partial charge < -0.3 is 42.2 Å². The van der Waals surface area contributed by atoms with Crippen LogP contribution >= 0.6 is 45.2 Å². The Hall–Kier alpha value is -3.48. The number of primary amides is 2. The van der Waals surface area contributed by atoms with E-state index >= 15 is 0 Å². The first-order chi connectivity index (χ1) is 18.0. The van der Waals surface area contributed by atoms with E-state index in [1.165, 1.54) is 24.5 Å². The molecule has 2 heterocycles. The molecular formula is C26H24CuI2N4O8. The monoisotopic (exact) mass is 837 g/mol. The van der Waals surface area contributed by atoms with Crippen LogP contribution in [0.15, 0.2) is 97.6 Å². The molecule has 0 aliphatic rings. The molecule has 0 bridgehead atoms. The zero-order valence-electron chi connectivity index (χ0n) is 20.8. The molecule has 0 saturated heterocycles. The molecule has 0 atom stereocenters. The number of benzene rings is 2. The minimum absolute atomic E-state index is 0. The largest absolute Gasteiger partial charge is 2.00 e. The van der Waals surface area contributed by atoms with Crippen molar-refractivity contribution in [3.63, 3.8) is 0 Å². The van der Waals surface area contributed by atoms with Crippen molar-refractivity contribution in [1.29, 1.82) is 0 Å². The summed E-state index contributed by atoms with van der Waals surface area (Å²) in [5, 5.41) is 20.6. The number of nitrogens with zero attached hydrogens (tertiary/aromatic N) is 2. The molecule has 0 saturated carbocycles. The number of halogens is 2. The number of carbonyl (C=O) groups is 4. The summed E-state index contributed by atoms with van der Waals surface area (Å²) in [5.41, 5.74) is 11.3. The minimum Gasteiger partial charge on any atom is -0.545 e. The van der Waals surface area contributed by atoms with Crippen LogP contribution < -0.4 is 21.7 Å². The third-order valence-electron chi connectivity index (χ3n) is 4.08. The van der Waals surface area contributed by atoms with Crippen LogP contribution in [0.5, 0.6) is 0 Å². The average molecular weight is 838 g/mol. The number of carboxylic acids is 2. The maximum absolute atomic E-state index is 10.4. The Kier molecular flexibility index (Phi) is 23.8. The molecular weight excluding hydrogens is 814 g/mol. The SMILES string of the molecule is NC(=O)c1cccnc1.NC(=O)c1cccnc1.O.O.O=C([O-])c1ccccc1I.O=C([O-])c1ccccc1I.[Cu+2]. The fraction of sp³-hybridized carbons (Fsp3) is 0. The Balaban J connectivity index is -0.000000459. The Morgan fingerprint density at radius 2 is 0.902 bits per heavy atom. The number of pyridine rings is 2. The van der Waals surface area contributed by atoms with Crippen LogP contribution in [0.1, 0.15) is 41.4 Å². The van der Waals surface area contributed by atoms with E-state index in [4.69, 9.17) is 11.5 Å². The Labute approximate surface area is 273 Å². The molecule has 2 amide bonds. The van der Waals surface area contributed by atoms with Gasteiger partial charge in [0.15, 0.2) is 0 Å². The average Bonchev–Trinajstić information content (AvgIpc) is 2.91. The molecule has 2 aromatic carbocycles. The van der Waals surface area contributed by atoms with Gasteiger partial charge in [-0.05, 0) is 81.6 Å². The molecule has 8 N–H and O–H groups in total. The van der Waals surface area contributed by atoms with Crippen molar-refractivity contribution in [3.8, 4) is 0 Å². The zero-order chi connectivity index (χ0) is 28.5. The molecule has 0 aliphatic heterocycles. The summed E-state index contributed by atoms with van der Waals surface area (Å²) < 4.78 is 1.42. The summed E-state index contributed by atoms with van der Waals surface area (Å²) in [6.45, 7) is 0. The van der Waals surface area contributed by atoms with Crippen LogP contribution in [0.3, 0.4) is 0 Å². The van der Waals surface area contributed by atoms with Crippen molar-refractivity contribution in [2.24, 2.45) is 11.5 Å². The molecule has 0 spiro atoms. The summed E-state index contributed by atoms with van der Waals surface area (Å²) in [4.78, 5) is 48.8. The summed E-state index contributed by atoms with van der Waals surface area (Å²) in [5.74, 6) is -3.12. The second-order valence-electron chi connectivity index (χ2n) is 6.75. The first kappa shape index (κ1) is 42.0. The predicted octanol–water partition coefficient (Wildman–Crippen LogP) is 0.0185. The van der Waals surface area contributed by atoms with Gasteiger partial charge in [-0.3, -0.25) is 19.6 Å². The zero-order valence-corrected chi connectivity index (χ0v) is 26.1. The normalized spacial score (nSPS) is 8.44. The van der Waals surface area contributed by atoms with Gasteiger partial charge in [-0.25, -0.2) is 0 Å². The molecule has 12 nitrogen and oxygen atoms in total. The molecule has 2 aromatic heterocycles. The number of aromatic carboxylic acids is 2. The molecule has 4 rings (SSSR count). The van der Waals surface area contributed by atoms with Crippen LogP contribution in [0.25, 0.3) is 0 Å². The number of carboxylic acid groups (broad SMARTS) is 2. The number of carbonyl (C=O) groups excluding carboxylic acids is 4. The van der Waals surface area contributed by atoms with E-state index in [0.717, 1.165) is 0 Å². The quantitative estimate of drug-likeness (QED) is 0.209. The van der Waals surface area contributed by atoms with Crippen LogP contribution in [0, 0.1) is 7.14 Å². The molecule has 41 heavy (non-hydrogen) atoms. The predicted molar refractivity (Wildman–Crippen MR) is 160 cm³/mol. The summed E-state index contributed by atoms with van der Waals surface area (Å²) in [6, 6.07) is 20.0. The third kappa shape index (κ3) is 17.1. The van der Waals surface area contributed by atoms with Gasteiger partial charge in [0.05, 0.1) is 23.1 Å². The van der Waals surface area contributed by atoms with E-state index in [-0.39, 0.29) is 39.1 Å².